The van der Waals surface area contributed by atoms with Crippen LogP contribution < -0.4 is 10.2 Å². The number of aromatic nitrogens is 1. The van der Waals surface area contributed by atoms with Crippen LogP contribution in [-0.2, 0) is 6.54 Å². The van der Waals surface area contributed by atoms with Gasteiger partial charge < -0.3 is 10.2 Å². The van der Waals surface area contributed by atoms with Gasteiger partial charge in [-0.2, -0.15) is 0 Å². The molecule has 0 saturated carbocycles. The topological polar surface area (TPSA) is 28.2 Å². The second-order valence-electron chi connectivity index (χ2n) is 6.76. The summed E-state index contributed by atoms with van der Waals surface area (Å²) < 4.78 is 0. The van der Waals surface area contributed by atoms with E-state index in [-0.39, 0.29) is 5.54 Å². The Bertz CT molecular complexity index is 454. The molecule has 0 spiro atoms. The number of nitrogens with zero attached hydrogens (tertiary/aromatic N) is 2. The SMILES string of the molecule is CCC1CCN(c2ncc(CNC(C)(C)C)cc2Cl)C1. The van der Waals surface area contributed by atoms with Crippen LogP contribution in [0.1, 0.15) is 46.1 Å². The first-order chi connectivity index (χ1) is 9.39. The van der Waals surface area contributed by atoms with Gasteiger partial charge in [-0.15, -0.1) is 0 Å². The van der Waals surface area contributed by atoms with Crippen LogP contribution in [0.3, 0.4) is 0 Å². The highest BCUT2D eigenvalue weighted by molar-refractivity contribution is 6.33. The fourth-order valence-electron chi connectivity index (χ4n) is 2.53. The fraction of sp³-hybridized carbons (Fsp3) is 0.688. The lowest BCUT2D eigenvalue weighted by Gasteiger charge is -2.22. The molecule has 0 aliphatic carbocycles. The van der Waals surface area contributed by atoms with Gasteiger partial charge in [0.05, 0.1) is 5.02 Å². The summed E-state index contributed by atoms with van der Waals surface area (Å²) in [5.41, 5.74) is 1.24. The Hall–Kier alpha value is -0.800. The van der Waals surface area contributed by atoms with E-state index in [0.29, 0.717) is 0 Å². The normalized spacial score (nSPS) is 19.6. The molecule has 1 saturated heterocycles. The second-order valence-corrected chi connectivity index (χ2v) is 7.17. The van der Waals surface area contributed by atoms with Crippen LogP contribution in [0.25, 0.3) is 0 Å². The first kappa shape index (κ1) is 15.6. The lowest BCUT2D eigenvalue weighted by molar-refractivity contribution is 0.424. The van der Waals surface area contributed by atoms with Crippen LogP contribution in [0.4, 0.5) is 5.82 Å². The lowest BCUT2D eigenvalue weighted by atomic mass is 10.1. The number of halogens is 1. The van der Waals surface area contributed by atoms with Gasteiger partial charge in [0.15, 0.2) is 0 Å². The van der Waals surface area contributed by atoms with E-state index in [2.05, 4.69) is 42.9 Å². The van der Waals surface area contributed by atoms with E-state index in [1.54, 1.807) is 0 Å². The van der Waals surface area contributed by atoms with Gasteiger partial charge in [-0.1, -0.05) is 24.9 Å². The Morgan fingerprint density at radius 2 is 2.20 bits per heavy atom. The van der Waals surface area contributed by atoms with Crippen molar-refractivity contribution in [2.45, 2.75) is 52.6 Å². The van der Waals surface area contributed by atoms with Crippen molar-refractivity contribution in [2.24, 2.45) is 5.92 Å². The van der Waals surface area contributed by atoms with Crippen molar-refractivity contribution in [3.05, 3.63) is 22.8 Å². The van der Waals surface area contributed by atoms with E-state index < -0.39 is 0 Å². The maximum atomic E-state index is 6.42. The third-order valence-corrected chi connectivity index (χ3v) is 4.14. The molecule has 1 N–H and O–H groups in total. The monoisotopic (exact) mass is 295 g/mol. The highest BCUT2D eigenvalue weighted by Crippen LogP contribution is 2.30. The van der Waals surface area contributed by atoms with Crippen LogP contribution in [0.15, 0.2) is 12.3 Å². The quantitative estimate of drug-likeness (QED) is 0.914. The molecule has 0 aromatic carbocycles. The number of anilines is 1. The highest BCUT2D eigenvalue weighted by atomic mass is 35.5. The van der Waals surface area contributed by atoms with E-state index in [0.717, 1.165) is 42.0 Å². The van der Waals surface area contributed by atoms with Gasteiger partial charge in [-0.05, 0) is 44.7 Å². The van der Waals surface area contributed by atoms with E-state index in [9.17, 15) is 0 Å². The lowest BCUT2D eigenvalue weighted by Crippen LogP contribution is -2.35. The number of pyridine rings is 1. The number of hydrogen-bond donors (Lipinski definition) is 1. The highest BCUT2D eigenvalue weighted by Gasteiger charge is 2.23. The van der Waals surface area contributed by atoms with Crippen molar-refractivity contribution in [2.75, 3.05) is 18.0 Å². The molecule has 2 rings (SSSR count). The van der Waals surface area contributed by atoms with Gasteiger partial charge in [-0.25, -0.2) is 4.98 Å². The molecule has 1 aromatic heterocycles. The zero-order valence-electron chi connectivity index (χ0n) is 13.0. The standard InChI is InChI=1S/C16H26ClN3/c1-5-12-6-7-20(11-12)15-14(17)8-13(9-18-15)10-19-16(2,3)4/h8-9,12,19H,5-7,10-11H2,1-4H3. The summed E-state index contributed by atoms with van der Waals surface area (Å²) in [5, 5.41) is 4.23. The Labute approximate surface area is 127 Å². The van der Waals surface area contributed by atoms with Crippen molar-refractivity contribution in [3.63, 3.8) is 0 Å². The van der Waals surface area contributed by atoms with E-state index in [1.165, 1.54) is 12.8 Å². The maximum absolute atomic E-state index is 6.42. The first-order valence-corrected chi connectivity index (χ1v) is 7.91. The fourth-order valence-corrected chi connectivity index (χ4v) is 2.83. The van der Waals surface area contributed by atoms with Crippen molar-refractivity contribution >= 4 is 17.4 Å². The Morgan fingerprint density at radius 1 is 1.45 bits per heavy atom. The van der Waals surface area contributed by atoms with Gasteiger partial charge in [0.2, 0.25) is 0 Å². The molecular formula is C16H26ClN3. The third-order valence-electron chi connectivity index (χ3n) is 3.86. The molecule has 1 unspecified atom stereocenters. The predicted molar refractivity (Wildman–Crippen MR) is 86.5 cm³/mol. The summed E-state index contributed by atoms with van der Waals surface area (Å²) in [5.74, 6) is 1.73. The van der Waals surface area contributed by atoms with Crippen LogP contribution in [0.5, 0.6) is 0 Å². The average molecular weight is 296 g/mol. The Kier molecular flexibility index (Phi) is 4.92. The Balaban J connectivity index is 2.03. The van der Waals surface area contributed by atoms with Gasteiger partial charge in [-0.3, -0.25) is 0 Å². The molecule has 4 heteroatoms. The molecule has 1 aliphatic heterocycles. The predicted octanol–water partition coefficient (Wildman–Crippen LogP) is 3.86. The molecule has 0 bridgehead atoms. The van der Waals surface area contributed by atoms with Gasteiger partial charge in [0, 0.05) is 31.4 Å². The number of rotatable bonds is 4. The van der Waals surface area contributed by atoms with E-state index in [4.69, 9.17) is 11.6 Å². The molecule has 1 fully saturated rings. The molecule has 1 atom stereocenters. The summed E-state index contributed by atoms with van der Waals surface area (Å²) in [6.07, 6.45) is 4.43. The van der Waals surface area contributed by atoms with Gasteiger partial charge in [0.25, 0.3) is 0 Å². The molecule has 112 valence electrons. The second kappa shape index (κ2) is 6.31. The number of nitrogens with one attached hydrogen (secondary N) is 1. The average Bonchev–Trinajstić information content (AvgIpc) is 2.84. The third kappa shape index (κ3) is 4.10. The molecule has 1 aliphatic rings. The largest absolute Gasteiger partial charge is 0.355 e. The van der Waals surface area contributed by atoms with Gasteiger partial charge >= 0.3 is 0 Å². The van der Waals surface area contributed by atoms with Crippen LogP contribution in [-0.4, -0.2) is 23.6 Å². The summed E-state index contributed by atoms with van der Waals surface area (Å²) >= 11 is 6.42. The van der Waals surface area contributed by atoms with Crippen LogP contribution >= 0.6 is 11.6 Å². The van der Waals surface area contributed by atoms with Crippen molar-refractivity contribution in [1.29, 1.82) is 0 Å². The van der Waals surface area contributed by atoms with Crippen molar-refractivity contribution < 1.29 is 0 Å². The van der Waals surface area contributed by atoms with Crippen molar-refractivity contribution in [3.8, 4) is 0 Å². The zero-order valence-corrected chi connectivity index (χ0v) is 13.8. The summed E-state index contributed by atoms with van der Waals surface area (Å²) in [6.45, 7) is 11.7. The molecule has 2 heterocycles. The molecular weight excluding hydrogens is 270 g/mol. The van der Waals surface area contributed by atoms with Crippen LogP contribution in [0.2, 0.25) is 5.02 Å². The zero-order chi connectivity index (χ0) is 14.8. The Morgan fingerprint density at radius 3 is 2.75 bits per heavy atom. The summed E-state index contributed by atoms with van der Waals surface area (Å²) in [6, 6.07) is 2.04. The maximum Gasteiger partial charge on any atom is 0.147 e. The molecule has 20 heavy (non-hydrogen) atoms. The smallest absolute Gasteiger partial charge is 0.147 e. The van der Waals surface area contributed by atoms with E-state index >= 15 is 0 Å². The van der Waals surface area contributed by atoms with Crippen molar-refractivity contribution in [1.82, 2.24) is 10.3 Å². The van der Waals surface area contributed by atoms with Crippen LogP contribution in [0, 0.1) is 5.92 Å². The van der Waals surface area contributed by atoms with E-state index in [1.807, 2.05) is 12.3 Å². The minimum atomic E-state index is 0.106. The molecule has 0 radical (unpaired) electrons. The molecule has 1 aromatic rings. The minimum Gasteiger partial charge on any atom is -0.355 e. The number of hydrogen-bond acceptors (Lipinski definition) is 3. The summed E-state index contributed by atoms with van der Waals surface area (Å²) in [7, 11) is 0. The van der Waals surface area contributed by atoms with Gasteiger partial charge in [0.1, 0.15) is 5.82 Å². The molecule has 0 amide bonds. The summed E-state index contributed by atoms with van der Waals surface area (Å²) in [4.78, 5) is 6.90. The first-order valence-electron chi connectivity index (χ1n) is 7.53. The minimum absolute atomic E-state index is 0.106. The molecule has 3 nitrogen and oxygen atoms in total.